The van der Waals surface area contributed by atoms with Crippen molar-refractivity contribution in [2.45, 2.75) is 58.1 Å². The van der Waals surface area contributed by atoms with E-state index < -0.39 is 11.6 Å². The number of ether oxygens (including phenoxy) is 1. The number of carbonyl (C=O) groups excluding carboxylic acids is 1. The summed E-state index contributed by atoms with van der Waals surface area (Å²) in [6.07, 6.45) is 16.2. The van der Waals surface area contributed by atoms with Gasteiger partial charge in [0.05, 0.1) is 32.1 Å². The third kappa shape index (κ3) is 10.8. The van der Waals surface area contributed by atoms with Crippen LogP contribution in [0.4, 0.5) is 8.78 Å². The molecule has 9 heteroatoms. The molecular formula is C31H43F2N5O2. The van der Waals surface area contributed by atoms with Crippen molar-refractivity contribution >= 4 is 12.2 Å². The molecule has 2 aliphatic carbocycles. The molecular weight excluding hydrogens is 512 g/mol. The highest BCUT2D eigenvalue weighted by atomic mass is 19.1. The van der Waals surface area contributed by atoms with Crippen LogP contribution in [0.3, 0.4) is 0 Å². The molecule has 3 N–H and O–H groups in total. The predicted molar refractivity (Wildman–Crippen MR) is 157 cm³/mol. The van der Waals surface area contributed by atoms with Gasteiger partial charge in [-0.05, 0) is 48.4 Å². The lowest BCUT2D eigenvalue weighted by atomic mass is 9.88. The fourth-order valence-corrected chi connectivity index (χ4v) is 4.76. The van der Waals surface area contributed by atoms with Crippen molar-refractivity contribution in [3.05, 3.63) is 83.2 Å². The fraction of sp³-hybridized carbons (Fsp3) is 0.484. The highest BCUT2D eigenvalue weighted by Gasteiger charge is 2.23. The van der Waals surface area contributed by atoms with Gasteiger partial charge in [-0.15, -0.1) is 0 Å². The molecule has 2 atom stereocenters. The van der Waals surface area contributed by atoms with Gasteiger partial charge in [-0.2, -0.15) is 0 Å². The van der Waals surface area contributed by atoms with E-state index in [4.69, 9.17) is 4.74 Å². The maximum Gasteiger partial charge on any atom is 0.239 e. The van der Waals surface area contributed by atoms with E-state index in [9.17, 15) is 13.6 Å². The van der Waals surface area contributed by atoms with Crippen molar-refractivity contribution < 1.29 is 18.3 Å². The molecule has 0 radical (unpaired) electrons. The number of fused-ring (bicyclic) bond motifs is 1. The van der Waals surface area contributed by atoms with Crippen LogP contribution >= 0.6 is 0 Å². The number of nitrogens with zero attached hydrogens (tertiary/aromatic N) is 2. The third-order valence-electron chi connectivity index (χ3n) is 6.63. The number of rotatable bonds is 10. The normalized spacial score (nSPS) is 20.6. The molecule has 7 nitrogen and oxygen atoms in total. The standard InChI is InChI=1S/C28H35F2N5O2.C3H8/c1-20(34-28(36)16-32-24-9-8-22-12-23(29)13-27(30)26(22)14-24)33-19-31-15-25-18-35(10-11-37-25)17-21-6-4-2-3-5-7-21;1-3-2/h2,4-7,12-13,19,24-25,32H,1,3,8-11,14-18H2,(H,31,33)(H,34,36);3H2,1-2H3. The second kappa shape index (κ2) is 16.8. The van der Waals surface area contributed by atoms with Gasteiger partial charge < -0.3 is 20.7 Å². The molecule has 1 fully saturated rings. The topological polar surface area (TPSA) is 78.0 Å². The number of nitrogens with one attached hydrogen (secondary N) is 3. The van der Waals surface area contributed by atoms with E-state index in [2.05, 4.69) is 76.6 Å². The summed E-state index contributed by atoms with van der Waals surface area (Å²) in [6, 6.07) is 2.25. The Hall–Kier alpha value is -3.14. The van der Waals surface area contributed by atoms with Crippen LogP contribution < -0.4 is 16.0 Å². The smallest absolute Gasteiger partial charge is 0.239 e. The zero-order chi connectivity index (χ0) is 28.7. The summed E-state index contributed by atoms with van der Waals surface area (Å²) in [5.41, 5.74) is 2.51. The molecule has 40 heavy (non-hydrogen) atoms. The Labute approximate surface area is 237 Å². The maximum absolute atomic E-state index is 14.1. The number of carbonyl (C=O) groups is 1. The van der Waals surface area contributed by atoms with E-state index in [1.807, 2.05) is 0 Å². The minimum absolute atomic E-state index is 0.00621. The number of aryl methyl sites for hydroxylation is 1. The van der Waals surface area contributed by atoms with Crippen molar-refractivity contribution in [1.82, 2.24) is 20.9 Å². The van der Waals surface area contributed by atoms with E-state index in [1.54, 1.807) is 0 Å². The Balaban J connectivity index is 0.00000141. The summed E-state index contributed by atoms with van der Waals surface area (Å²) >= 11 is 0. The lowest BCUT2D eigenvalue weighted by Crippen LogP contribution is -2.44. The molecule has 1 aliphatic heterocycles. The zero-order valence-electron chi connectivity index (χ0n) is 23.7. The minimum Gasteiger partial charge on any atom is -0.374 e. The molecule has 1 heterocycles. The first-order valence-corrected chi connectivity index (χ1v) is 14.2. The number of hydrogen-bond donors (Lipinski definition) is 3. The number of benzene rings is 1. The molecule has 1 aromatic rings. The zero-order valence-corrected chi connectivity index (χ0v) is 23.7. The summed E-state index contributed by atoms with van der Waals surface area (Å²) in [7, 11) is 0. The van der Waals surface area contributed by atoms with Crippen LogP contribution in [0.1, 0.15) is 44.2 Å². The van der Waals surface area contributed by atoms with Crippen LogP contribution in [0.5, 0.6) is 0 Å². The summed E-state index contributed by atoms with van der Waals surface area (Å²) < 4.78 is 33.3. The number of amides is 1. The van der Waals surface area contributed by atoms with Gasteiger partial charge in [-0.25, -0.2) is 8.78 Å². The molecule has 2 unspecified atom stereocenters. The van der Waals surface area contributed by atoms with Crippen LogP contribution in [-0.2, 0) is 22.4 Å². The van der Waals surface area contributed by atoms with Crippen molar-refractivity contribution in [2.75, 3.05) is 39.3 Å². The largest absolute Gasteiger partial charge is 0.374 e. The quantitative estimate of drug-likeness (QED) is 0.298. The van der Waals surface area contributed by atoms with Crippen molar-refractivity contribution in [1.29, 1.82) is 0 Å². The van der Waals surface area contributed by atoms with Gasteiger partial charge in [-0.3, -0.25) is 14.7 Å². The van der Waals surface area contributed by atoms with Gasteiger partial charge in [0.15, 0.2) is 0 Å². The summed E-state index contributed by atoms with van der Waals surface area (Å²) in [6.45, 7) is 11.9. The maximum atomic E-state index is 14.1. The van der Waals surface area contributed by atoms with Gasteiger partial charge in [0.25, 0.3) is 0 Å². The van der Waals surface area contributed by atoms with Crippen LogP contribution in [0.25, 0.3) is 0 Å². The van der Waals surface area contributed by atoms with E-state index in [0.717, 1.165) is 32.1 Å². The van der Waals surface area contributed by atoms with Crippen LogP contribution in [0, 0.1) is 11.6 Å². The minimum atomic E-state index is -0.553. The number of hydrogen-bond acceptors (Lipinski definition) is 5. The molecule has 0 saturated carbocycles. The lowest BCUT2D eigenvalue weighted by Gasteiger charge is -2.32. The van der Waals surface area contributed by atoms with Gasteiger partial charge in [-0.1, -0.05) is 57.2 Å². The molecule has 4 rings (SSSR count). The van der Waals surface area contributed by atoms with Crippen molar-refractivity contribution in [3.8, 4) is 0 Å². The first kappa shape index (κ1) is 31.4. The lowest BCUT2D eigenvalue weighted by molar-refractivity contribution is -0.119. The molecule has 0 aromatic heterocycles. The predicted octanol–water partition coefficient (Wildman–Crippen LogP) is 4.18. The van der Waals surface area contributed by atoms with Gasteiger partial charge in [0.2, 0.25) is 5.91 Å². The summed E-state index contributed by atoms with van der Waals surface area (Å²) in [4.78, 5) is 19.0. The molecule has 1 saturated heterocycles. The Morgan fingerprint density at radius 1 is 1.27 bits per heavy atom. The van der Waals surface area contributed by atoms with E-state index >= 15 is 0 Å². The third-order valence-corrected chi connectivity index (χ3v) is 6.63. The number of halogens is 2. The number of allylic oxidation sites excluding steroid dienone is 4. The Bertz CT molecular complexity index is 1120. The number of aliphatic imine (C=N–C) groups is 1. The molecule has 0 bridgehead atoms. The van der Waals surface area contributed by atoms with Crippen molar-refractivity contribution in [2.24, 2.45) is 4.99 Å². The van der Waals surface area contributed by atoms with E-state index in [1.165, 1.54) is 24.4 Å². The molecule has 1 amide bonds. The monoisotopic (exact) mass is 555 g/mol. The fourth-order valence-electron chi connectivity index (χ4n) is 4.76. The average molecular weight is 556 g/mol. The molecule has 3 aliphatic rings. The molecule has 218 valence electrons. The first-order valence-electron chi connectivity index (χ1n) is 14.2. The number of morpholine rings is 1. The molecule has 0 spiro atoms. The van der Waals surface area contributed by atoms with Gasteiger partial charge in [0, 0.05) is 31.7 Å². The average Bonchev–Trinajstić information content (AvgIpc) is 3.19. The second-order valence-electron chi connectivity index (χ2n) is 10.3. The molecule has 1 aromatic carbocycles. The van der Waals surface area contributed by atoms with Crippen LogP contribution in [-0.4, -0.2) is 68.6 Å². The highest BCUT2D eigenvalue weighted by Crippen LogP contribution is 2.25. The Morgan fingerprint density at radius 3 is 2.92 bits per heavy atom. The van der Waals surface area contributed by atoms with E-state index in [-0.39, 0.29) is 24.6 Å². The van der Waals surface area contributed by atoms with Gasteiger partial charge >= 0.3 is 0 Å². The first-order chi connectivity index (χ1) is 19.4. The Kier molecular flexibility index (Phi) is 13.2. The summed E-state index contributed by atoms with van der Waals surface area (Å²) in [5.74, 6) is -1.03. The van der Waals surface area contributed by atoms with Crippen molar-refractivity contribution in [3.63, 3.8) is 0 Å². The van der Waals surface area contributed by atoms with Crippen LogP contribution in [0.2, 0.25) is 0 Å². The second-order valence-corrected chi connectivity index (χ2v) is 10.3. The Morgan fingerprint density at radius 2 is 2.10 bits per heavy atom. The van der Waals surface area contributed by atoms with Crippen LogP contribution in [0.15, 0.2) is 65.5 Å². The highest BCUT2D eigenvalue weighted by molar-refractivity contribution is 5.80. The summed E-state index contributed by atoms with van der Waals surface area (Å²) in [5, 5.41) is 8.70. The van der Waals surface area contributed by atoms with Gasteiger partial charge in [0.1, 0.15) is 17.5 Å². The van der Waals surface area contributed by atoms with E-state index in [0.29, 0.717) is 49.4 Å². The SMILES string of the molecule is C=C(NC=NCC1CN(CC2=CC=CCC=C2)CCO1)NC(=O)CNC1CCc2cc(F)cc(F)c2C1.CCC.